The maximum Gasteiger partial charge on any atom is 0 e. The van der Waals surface area contributed by atoms with Crippen molar-refractivity contribution in [1.82, 2.24) is 0 Å². The fraction of sp³-hybridized carbons (Fsp3) is 0. The van der Waals surface area contributed by atoms with Crippen LogP contribution in [0.1, 0.15) is 0 Å². The summed E-state index contributed by atoms with van der Waals surface area (Å²) in [6, 6.07) is 0. The summed E-state index contributed by atoms with van der Waals surface area (Å²) in [5, 5.41) is 0. The number of hydrogen-bond donors (Lipinski definition) is 0. The van der Waals surface area contributed by atoms with Crippen molar-refractivity contribution in [1.29, 1.82) is 0 Å². The summed E-state index contributed by atoms with van der Waals surface area (Å²) in [7, 11) is 0. The Morgan fingerprint density at radius 2 is 0.222 bits per heavy atom. The van der Waals surface area contributed by atoms with E-state index < -0.39 is 0 Å². The van der Waals surface area contributed by atoms with Gasteiger partial charge in [-0.1, -0.05) is 0 Å². The van der Waals surface area contributed by atoms with Gasteiger partial charge in [-0.15, -0.1) is 0 Å². The van der Waals surface area contributed by atoms with Gasteiger partial charge < -0.3 is 59.4 Å². The summed E-state index contributed by atoms with van der Waals surface area (Å²) in [5.74, 6) is 0. The molecular weight excluding hydrogens is 160 g/mol. The van der Waals surface area contributed by atoms with Crippen molar-refractivity contribution in [3.63, 3.8) is 0 Å². The van der Waals surface area contributed by atoms with Crippen molar-refractivity contribution in [3.05, 3.63) is 59.4 Å². The van der Waals surface area contributed by atoms with Gasteiger partial charge in [0, 0.05) is 17.1 Å². The van der Waals surface area contributed by atoms with Crippen molar-refractivity contribution in [2.24, 2.45) is 0 Å². The van der Waals surface area contributed by atoms with E-state index in [1.165, 1.54) is 0 Å². The molecule has 0 fully saturated rings. The first-order valence-corrected chi connectivity index (χ1v) is 0. The minimum Gasteiger partial charge on any atom is -0.358 e. The van der Waals surface area contributed by atoms with Gasteiger partial charge in [0.2, 0.25) is 0 Å². The van der Waals surface area contributed by atoms with Gasteiger partial charge in [0.05, 0.1) is 0 Å². The number of rotatable bonds is 0. The summed E-state index contributed by atoms with van der Waals surface area (Å²) in [4.78, 5) is 0. The first kappa shape index (κ1) is 2560. The number of hydrogen-bond acceptors (Lipinski definition) is 0. The SMILES string of the molecule is [CH3-].[CH3-].[CH3-].[CH3-].[CH3-].[CH3-].[CH3-].[CH3-].[Cu]. The van der Waals surface area contributed by atoms with E-state index in [-0.39, 0.29) is 76.5 Å². The molecule has 75 valence electrons. The van der Waals surface area contributed by atoms with Crippen LogP contribution in [0.15, 0.2) is 0 Å². The molecular formula is C8H24Cu-8. The first-order valence-electron chi connectivity index (χ1n) is 0. The van der Waals surface area contributed by atoms with Crippen molar-refractivity contribution >= 4 is 0 Å². The topological polar surface area (TPSA) is 0 Å². The Labute approximate surface area is 76.9 Å². The Balaban J connectivity index is 0. The molecule has 0 saturated heterocycles. The molecule has 0 amide bonds. The molecule has 0 nitrogen and oxygen atoms in total. The van der Waals surface area contributed by atoms with Crippen LogP contribution in [0, 0.1) is 59.4 Å². The summed E-state index contributed by atoms with van der Waals surface area (Å²) in [6.45, 7) is 0. The van der Waals surface area contributed by atoms with Crippen LogP contribution in [0.3, 0.4) is 0 Å². The quantitative estimate of drug-likeness (QED) is 0.398. The van der Waals surface area contributed by atoms with Gasteiger partial charge in [-0.3, -0.25) is 0 Å². The van der Waals surface area contributed by atoms with Gasteiger partial charge >= 0.3 is 0 Å². The van der Waals surface area contributed by atoms with Crippen molar-refractivity contribution in [3.8, 4) is 0 Å². The molecule has 1 heteroatoms. The van der Waals surface area contributed by atoms with Crippen molar-refractivity contribution in [2.45, 2.75) is 0 Å². The molecule has 0 aliphatic rings. The minimum atomic E-state index is 0. The smallest absolute Gasteiger partial charge is 0 e. The van der Waals surface area contributed by atoms with Gasteiger partial charge in [-0.05, 0) is 0 Å². The van der Waals surface area contributed by atoms with Gasteiger partial charge in [-0.2, -0.15) is 0 Å². The Hall–Kier alpha value is 0.519. The summed E-state index contributed by atoms with van der Waals surface area (Å²) >= 11 is 0. The van der Waals surface area contributed by atoms with Crippen molar-refractivity contribution in [2.75, 3.05) is 0 Å². The van der Waals surface area contributed by atoms with E-state index >= 15 is 0 Å². The Kier molecular flexibility index (Phi) is 508000. The van der Waals surface area contributed by atoms with E-state index in [1.54, 1.807) is 0 Å². The fourth-order valence-corrected chi connectivity index (χ4v) is 0. The van der Waals surface area contributed by atoms with E-state index in [9.17, 15) is 0 Å². The standard InChI is InChI=1S/8CH3.Cu/h8*1H3;/q8*-1;. The van der Waals surface area contributed by atoms with Crippen LogP contribution in [-0.4, -0.2) is 0 Å². The molecule has 0 aromatic heterocycles. The van der Waals surface area contributed by atoms with E-state index in [2.05, 4.69) is 0 Å². The third-order valence-corrected chi connectivity index (χ3v) is 0. The zero-order chi connectivity index (χ0) is 0. The van der Waals surface area contributed by atoms with Gasteiger partial charge in [-0.25, -0.2) is 0 Å². The molecule has 0 spiro atoms. The largest absolute Gasteiger partial charge is 0.358 e. The summed E-state index contributed by atoms with van der Waals surface area (Å²) in [6.07, 6.45) is 0. The van der Waals surface area contributed by atoms with E-state index in [4.69, 9.17) is 0 Å². The molecule has 0 N–H and O–H groups in total. The maximum absolute atomic E-state index is 0. The van der Waals surface area contributed by atoms with Crippen LogP contribution < -0.4 is 0 Å². The average molecular weight is 184 g/mol. The molecule has 0 saturated carbocycles. The predicted molar refractivity (Wildman–Crippen MR) is 51.3 cm³/mol. The van der Waals surface area contributed by atoms with E-state index in [1.807, 2.05) is 0 Å². The first-order chi connectivity index (χ1) is 0. The zero-order valence-corrected chi connectivity index (χ0v) is 9.24. The zero-order valence-electron chi connectivity index (χ0n) is 8.30. The van der Waals surface area contributed by atoms with E-state index in [0.717, 1.165) is 0 Å². The normalized spacial score (nSPS) is 0. The third-order valence-electron chi connectivity index (χ3n) is 0. The molecule has 9 heavy (non-hydrogen) atoms. The van der Waals surface area contributed by atoms with Crippen LogP contribution in [-0.2, 0) is 17.1 Å². The van der Waals surface area contributed by atoms with Crippen LogP contribution in [0.5, 0.6) is 0 Å². The van der Waals surface area contributed by atoms with Gasteiger partial charge in [0.25, 0.3) is 0 Å². The van der Waals surface area contributed by atoms with Crippen LogP contribution >= 0.6 is 0 Å². The molecule has 0 aromatic rings. The summed E-state index contributed by atoms with van der Waals surface area (Å²) < 4.78 is 0. The second kappa shape index (κ2) is 1790. The Morgan fingerprint density at radius 1 is 0.222 bits per heavy atom. The van der Waals surface area contributed by atoms with Crippen LogP contribution in [0.4, 0.5) is 0 Å². The Bertz CT molecular complexity index is 4.53. The van der Waals surface area contributed by atoms with Crippen LogP contribution in [0.2, 0.25) is 0 Å². The van der Waals surface area contributed by atoms with E-state index in [0.29, 0.717) is 0 Å². The Morgan fingerprint density at radius 3 is 0.222 bits per heavy atom. The molecule has 0 rings (SSSR count). The molecule has 0 atom stereocenters. The third kappa shape index (κ3) is 1340. The molecule has 0 bridgehead atoms. The fourth-order valence-electron chi connectivity index (χ4n) is 0. The molecule has 0 heterocycles. The maximum atomic E-state index is 0. The minimum absolute atomic E-state index is 0. The molecule has 0 aliphatic carbocycles. The molecule has 1 radical (unpaired) electrons. The second-order valence-electron chi connectivity index (χ2n) is 0. The second-order valence-corrected chi connectivity index (χ2v) is 0. The summed E-state index contributed by atoms with van der Waals surface area (Å²) in [5.41, 5.74) is 0. The van der Waals surface area contributed by atoms with Crippen molar-refractivity contribution < 1.29 is 17.1 Å². The van der Waals surface area contributed by atoms with Gasteiger partial charge in [0.1, 0.15) is 0 Å². The van der Waals surface area contributed by atoms with Gasteiger partial charge in [0.15, 0.2) is 0 Å². The molecule has 0 unspecified atom stereocenters. The monoisotopic (exact) mass is 183 g/mol. The van der Waals surface area contributed by atoms with Crippen LogP contribution in [0.25, 0.3) is 0 Å². The molecule has 0 aromatic carbocycles. The average Bonchev–Trinajstić information content (AvgIpc) is 0. The predicted octanol–water partition coefficient (Wildman–Crippen LogP) is 3.60. The molecule has 0 aliphatic heterocycles.